The van der Waals surface area contributed by atoms with Crippen LogP contribution in [0.1, 0.15) is 12.8 Å². The molecule has 3 heterocycles. The molecule has 1 saturated heterocycles. The molecule has 1 fully saturated rings. The van der Waals surface area contributed by atoms with Crippen LogP contribution in [0.25, 0.3) is 10.3 Å². The zero-order valence-electron chi connectivity index (χ0n) is 9.39. The van der Waals surface area contributed by atoms with Gasteiger partial charge in [-0.1, -0.05) is 11.3 Å². The first kappa shape index (κ1) is 10.9. The Hall–Kier alpha value is -1.21. The van der Waals surface area contributed by atoms with Crippen LogP contribution in [0.3, 0.4) is 0 Å². The first-order valence-electron chi connectivity index (χ1n) is 5.51. The Morgan fingerprint density at radius 3 is 2.82 bits per heavy atom. The van der Waals surface area contributed by atoms with E-state index in [1.165, 1.54) is 28.7 Å². The average Bonchev–Trinajstić information content (AvgIpc) is 2.93. The van der Waals surface area contributed by atoms with Gasteiger partial charge in [0.05, 0.1) is 0 Å². The summed E-state index contributed by atoms with van der Waals surface area (Å²) in [5.74, 6) is 0. The summed E-state index contributed by atoms with van der Waals surface area (Å²) in [5, 5.41) is 0.923. The molecule has 0 saturated carbocycles. The predicted molar refractivity (Wildman–Crippen MR) is 71.5 cm³/mol. The number of nitrogens with one attached hydrogen (secondary N) is 1. The van der Waals surface area contributed by atoms with Gasteiger partial charge in [-0.15, -0.1) is 0 Å². The van der Waals surface area contributed by atoms with Crippen molar-refractivity contribution >= 4 is 39.0 Å². The number of aromatic nitrogens is 3. The second-order valence-corrected chi connectivity index (χ2v) is 5.53. The van der Waals surface area contributed by atoms with Gasteiger partial charge in [-0.3, -0.25) is 9.36 Å². The number of hydrogen-bond donors (Lipinski definition) is 1. The lowest BCUT2D eigenvalue weighted by atomic mass is 10.4. The van der Waals surface area contributed by atoms with Crippen molar-refractivity contribution in [3.8, 4) is 0 Å². The van der Waals surface area contributed by atoms with Crippen molar-refractivity contribution in [1.29, 1.82) is 0 Å². The fraction of sp³-hybridized carbons (Fsp3) is 0.500. The minimum atomic E-state index is -0.0632. The van der Waals surface area contributed by atoms with E-state index in [1.807, 2.05) is 0 Å². The number of thiazole rings is 1. The number of hydrogen-bond acceptors (Lipinski definition) is 5. The maximum absolute atomic E-state index is 12.0. The number of H-pyrrole nitrogens is 1. The summed E-state index contributed by atoms with van der Waals surface area (Å²) in [6, 6.07) is 0. The molecule has 5 nitrogen and oxygen atoms in total. The molecule has 0 atom stereocenters. The lowest BCUT2D eigenvalue weighted by Gasteiger charge is -2.11. The topological polar surface area (TPSA) is 53.9 Å². The first-order valence-corrected chi connectivity index (χ1v) is 6.74. The molecule has 0 aliphatic carbocycles. The standard InChI is InChI=1S/C10H12N4OS2/c1-13-8(15)6-7(11-9(13)16)12-10(17-6)14-4-2-3-5-14/h2-5H2,1H3,(H,11,16). The van der Waals surface area contributed by atoms with Crippen LogP contribution in [0.4, 0.5) is 5.13 Å². The molecular weight excluding hydrogens is 256 g/mol. The van der Waals surface area contributed by atoms with Crippen LogP contribution in [0, 0.1) is 4.77 Å². The van der Waals surface area contributed by atoms with E-state index in [9.17, 15) is 4.79 Å². The monoisotopic (exact) mass is 268 g/mol. The summed E-state index contributed by atoms with van der Waals surface area (Å²) in [6.45, 7) is 2.06. The van der Waals surface area contributed by atoms with E-state index in [0.717, 1.165) is 18.2 Å². The minimum Gasteiger partial charge on any atom is -0.348 e. The minimum absolute atomic E-state index is 0.0632. The van der Waals surface area contributed by atoms with E-state index in [4.69, 9.17) is 12.2 Å². The second kappa shape index (κ2) is 3.92. The van der Waals surface area contributed by atoms with Crippen molar-refractivity contribution in [2.75, 3.05) is 18.0 Å². The summed E-state index contributed by atoms with van der Waals surface area (Å²) in [7, 11) is 1.68. The quantitative estimate of drug-likeness (QED) is 0.799. The van der Waals surface area contributed by atoms with Crippen LogP contribution in [0.2, 0.25) is 0 Å². The first-order chi connectivity index (χ1) is 8.16. The molecule has 2 aromatic heterocycles. The zero-order chi connectivity index (χ0) is 12.0. The molecule has 0 unspecified atom stereocenters. The highest BCUT2D eigenvalue weighted by Crippen LogP contribution is 2.27. The van der Waals surface area contributed by atoms with Crippen LogP contribution in [0.5, 0.6) is 0 Å². The molecule has 0 amide bonds. The van der Waals surface area contributed by atoms with Gasteiger partial charge in [-0.2, -0.15) is 0 Å². The number of rotatable bonds is 1. The molecule has 0 bridgehead atoms. The molecule has 0 aromatic carbocycles. The smallest absolute Gasteiger partial charge is 0.273 e. The summed E-state index contributed by atoms with van der Waals surface area (Å²) in [5.41, 5.74) is 0.552. The van der Waals surface area contributed by atoms with Crippen LogP contribution < -0.4 is 10.5 Å². The van der Waals surface area contributed by atoms with Crippen LogP contribution in [-0.2, 0) is 7.05 Å². The maximum Gasteiger partial charge on any atom is 0.273 e. The molecule has 7 heteroatoms. The van der Waals surface area contributed by atoms with Crippen LogP contribution >= 0.6 is 23.6 Å². The second-order valence-electron chi connectivity index (χ2n) is 4.16. The van der Waals surface area contributed by atoms with Crippen molar-refractivity contribution in [2.24, 2.45) is 7.05 Å². The van der Waals surface area contributed by atoms with E-state index in [0.29, 0.717) is 15.1 Å². The average molecular weight is 268 g/mol. The number of aromatic amines is 1. The molecule has 1 aliphatic heterocycles. The summed E-state index contributed by atoms with van der Waals surface area (Å²) in [6.07, 6.45) is 2.40. The van der Waals surface area contributed by atoms with Gasteiger partial charge in [-0.05, 0) is 25.1 Å². The number of nitrogens with zero attached hydrogens (tertiary/aromatic N) is 3. The van der Waals surface area contributed by atoms with Crippen LogP contribution in [0.15, 0.2) is 4.79 Å². The number of anilines is 1. The Balaban J connectivity index is 2.22. The maximum atomic E-state index is 12.0. The molecular formula is C10H12N4OS2. The van der Waals surface area contributed by atoms with E-state index in [2.05, 4.69) is 14.9 Å². The molecule has 0 spiro atoms. The van der Waals surface area contributed by atoms with Crippen molar-refractivity contribution in [1.82, 2.24) is 14.5 Å². The lowest BCUT2D eigenvalue weighted by Crippen LogP contribution is -2.17. The normalized spacial score (nSPS) is 15.9. The number of fused-ring (bicyclic) bond motifs is 1. The molecule has 2 aromatic rings. The van der Waals surface area contributed by atoms with Gasteiger partial charge in [0, 0.05) is 20.1 Å². The Morgan fingerprint density at radius 2 is 2.12 bits per heavy atom. The molecule has 3 rings (SSSR count). The van der Waals surface area contributed by atoms with Crippen molar-refractivity contribution in [2.45, 2.75) is 12.8 Å². The van der Waals surface area contributed by atoms with E-state index in [-0.39, 0.29) is 5.56 Å². The zero-order valence-corrected chi connectivity index (χ0v) is 11.0. The van der Waals surface area contributed by atoms with Gasteiger partial charge in [0.2, 0.25) is 0 Å². The SMILES string of the molecule is Cn1c(=S)[nH]c2nc(N3CCCC3)sc2c1=O. The van der Waals surface area contributed by atoms with Gasteiger partial charge >= 0.3 is 0 Å². The van der Waals surface area contributed by atoms with Crippen LogP contribution in [-0.4, -0.2) is 27.6 Å². The Kier molecular flexibility index (Phi) is 2.52. The van der Waals surface area contributed by atoms with Gasteiger partial charge in [0.25, 0.3) is 5.56 Å². The van der Waals surface area contributed by atoms with Crippen molar-refractivity contribution in [3.63, 3.8) is 0 Å². The summed E-state index contributed by atoms with van der Waals surface area (Å²) in [4.78, 5) is 21.7. The Morgan fingerprint density at radius 1 is 1.41 bits per heavy atom. The largest absolute Gasteiger partial charge is 0.348 e. The summed E-state index contributed by atoms with van der Waals surface area (Å²) < 4.78 is 2.52. The third-order valence-corrected chi connectivity index (χ3v) is 4.50. The molecule has 0 radical (unpaired) electrons. The highest BCUT2D eigenvalue weighted by atomic mass is 32.1. The Bertz CT molecular complexity index is 678. The van der Waals surface area contributed by atoms with Crippen molar-refractivity contribution in [3.05, 3.63) is 15.1 Å². The van der Waals surface area contributed by atoms with E-state index >= 15 is 0 Å². The van der Waals surface area contributed by atoms with Gasteiger partial charge in [0.15, 0.2) is 15.5 Å². The third kappa shape index (κ3) is 1.69. The van der Waals surface area contributed by atoms with E-state index in [1.54, 1.807) is 7.05 Å². The fourth-order valence-electron chi connectivity index (χ4n) is 2.01. The predicted octanol–water partition coefficient (Wildman–Crippen LogP) is 1.65. The molecule has 17 heavy (non-hydrogen) atoms. The highest BCUT2D eigenvalue weighted by molar-refractivity contribution is 7.71. The molecule has 1 aliphatic rings. The highest BCUT2D eigenvalue weighted by Gasteiger charge is 2.18. The molecule has 90 valence electrons. The summed E-state index contributed by atoms with van der Waals surface area (Å²) >= 11 is 6.52. The molecule has 1 N–H and O–H groups in total. The van der Waals surface area contributed by atoms with Gasteiger partial charge in [-0.25, -0.2) is 4.98 Å². The third-order valence-electron chi connectivity index (χ3n) is 3.02. The van der Waals surface area contributed by atoms with E-state index < -0.39 is 0 Å². The Labute approximate surface area is 107 Å². The van der Waals surface area contributed by atoms with Crippen molar-refractivity contribution < 1.29 is 0 Å². The lowest BCUT2D eigenvalue weighted by molar-refractivity contribution is 0.824. The fourth-order valence-corrected chi connectivity index (χ4v) is 3.24. The van der Waals surface area contributed by atoms with Gasteiger partial charge < -0.3 is 9.88 Å². The van der Waals surface area contributed by atoms with Gasteiger partial charge in [0.1, 0.15) is 4.70 Å².